The number of aromatic nitrogens is 2. The van der Waals surface area contributed by atoms with Crippen LogP contribution in [0.5, 0.6) is 0 Å². The van der Waals surface area contributed by atoms with Crippen molar-refractivity contribution in [3.05, 3.63) is 73.3 Å². The smallest absolute Gasteiger partial charge is 0.243 e. The van der Waals surface area contributed by atoms with E-state index in [1.807, 2.05) is 0 Å². The zero-order valence-electron chi connectivity index (χ0n) is 16.6. The van der Waals surface area contributed by atoms with Crippen LogP contribution in [0.2, 0.25) is 0 Å². The molecule has 0 aliphatic heterocycles. The molecule has 4 aromatic rings. The van der Waals surface area contributed by atoms with E-state index >= 15 is 0 Å². The molecule has 0 unspecified atom stereocenters. The third-order valence-corrected chi connectivity index (χ3v) is 8.41. The Morgan fingerprint density at radius 3 is 1.97 bits per heavy atom. The van der Waals surface area contributed by atoms with Gasteiger partial charge in [0.25, 0.3) is 0 Å². The normalized spacial score (nSPS) is 12.6. The summed E-state index contributed by atoms with van der Waals surface area (Å²) < 4.78 is 55.4. The molecule has 10 heteroatoms. The highest BCUT2D eigenvalue weighted by Crippen LogP contribution is 2.25. The molecule has 0 saturated carbocycles. The van der Waals surface area contributed by atoms with Crippen LogP contribution in [0.15, 0.2) is 83.1 Å². The van der Waals surface area contributed by atoms with Crippen LogP contribution in [0.3, 0.4) is 0 Å². The summed E-state index contributed by atoms with van der Waals surface area (Å²) in [4.78, 5) is 8.30. The number of rotatable bonds is 7. The van der Waals surface area contributed by atoms with Crippen molar-refractivity contribution < 1.29 is 16.8 Å². The molecule has 31 heavy (non-hydrogen) atoms. The van der Waals surface area contributed by atoms with Crippen molar-refractivity contribution in [3.63, 3.8) is 0 Å². The van der Waals surface area contributed by atoms with Crippen molar-refractivity contribution >= 4 is 41.6 Å². The lowest BCUT2D eigenvalue weighted by atomic mass is 10.2. The first kappa shape index (κ1) is 21.3. The molecule has 0 radical (unpaired) electrons. The summed E-state index contributed by atoms with van der Waals surface area (Å²) >= 11 is 0. The lowest BCUT2D eigenvalue weighted by molar-refractivity contribution is 0.469. The number of benzene rings is 2. The minimum atomic E-state index is -3.83. The van der Waals surface area contributed by atoms with Crippen LogP contribution < -0.4 is 4.72 Å². The molecule has 0 aliphatic carbocycles. The largest absolute Gasteiger partial charge is 0.264 e. The van der Waals surface area contributed by atoms with Crippen molar-refractivity contribution in [2.75, 3.05) is 20.1 Å². The van der Waals surface area contributed by atoms with Crippen molar-refractivity contribution in [1.29, 1.82) is 0 Å². The molecule has 0 atom stereocenters. The van der Waals surface area contributed by atoms with E-state index < -0.39 is 20.0 Å². The first-order valence-electron chi connectivity index (χ1n) is 9.42. The number of sulfonamides is 2. The Kier molecular flexibility index (Phi) is 5.71. The Morgan fingerprint density at radius 1 is 0.806 bits per heavy atom. The summed E-state index contributed by atoms with van der Waals surface area (Å²) in [7, 11) is -6.23. The number of fused-ring (bicyclic) bond motifs is 2. The molecule has 0 saturated heterocycles. The molecule has 0 fully saturated rings. The second-order valence-electron chi connectivity index (χ2n) is 6.93. The molecule has 2 aromatic heterocycles. The molecule has 2 aromatic carbocycles. The minimum Gasteiger partial charge on any atom is -0.264 e. The van der Waals surface area contributed by atoms with Gasteiger partial charge in [-0.25, -0.2) is 21.6 Å². The van der Waals surface area contributed by atoms with Crippen LogP contribution in [-0.2, 0) is 20.0 Å². The summed E-state index contributed by atoms with van der Waals surface area (Å²) in [6.45, 7) is -0.110. The molecule has 8 nitrogen and oxygen atoms in total. The van der Waals surface area contributed by atoms with Crippen LogP contribution in [-0.4, -0.2) is 51.2 Å². The standard InChI is InChI=1S/C21H20N4O4S2/c1-25(31(28,29)21-7-3-5-17-15-23-11-9-19(17)21)13-12-24-30(26,27)20-6-2-4-16-14-22-10-8-18(16)20/h2-11,14-15,24H,12-13H2,1H3. The van der Waals surface area contributed by atoms with Crippen molar-refractivity contribution in [2.24, 2.45) is 0 Å². The van der Waals surface area contributed by atoms with E-state index in [0.717, 1.165) is 4.31 Å². The number of nitrogens with one attached hydrogen (secondary N) is 1. The highest BCUT2D eigenvalue weighted by molar-refractivity contribution is 7.90. The number of hydrogen-bond acceptors (Lipinski definition) is 6. The predicted octanol–water partition coefficient (Wildman–Crippen LogP) is 2.38. The Labute approximate surface area is 180 Å². The van der Waals surface area contributed by atoms with Gasteiger partial charge in [0.1, 0.15) is 0 Å². The average molecular weight is 457 g/mol. The fraction of sp³-hybridized carbons (Fsp3) is 0.143. The Morgan fingerprint density at radius 2 is 1.35 bits per heavy atom. The fourth-order valence-electron chi connectivity index (χ4n) is 3.35. The van der Waals surface area contributed by atoms with E-state index in [0.29, 0.717) is 21.5 Å². The maximum Gasteiger partial charge on any atom is 0.243 e. The Bertz CT molecular complexity index is 1460. The molecule has 0 bridgehead atoms. The number of pyridine rings is 2. The summed E-state index contributed by atoms with van der Waals surface area (Å²) in [5, 5.41) is 2.53. The van der Waals surface area contributed by atoms with Crippen molar-refractivity contribution in [2.45, 2.75) is 9.79 Å². The molecule has 0 amide bonds. The highest BCUT2D eigenvalue weighted by atomic mass is 32.2. The molecule has 160 valence electrons. The summed E-state index contributed by atoms with van der Waals surface area (Å²) in [6.07, 6.45) is 6.26. The van der Waals surface area contributed by atoms with Crippen molar-refractivity contribution in [1.82, 2.24) is 19.0 Å². The van der Waals surface area contributed by atoms with E-state index in [1.54, 1.807) is 48.8 Å². The van der Waals surface area contributed by atoms with Gasteiger partial charge in [-0.05, 0) is 24.3 Å². The fourth-order valence-corrected chi connectivity index (χ4v) is 5.98. The van der Waals surface area contributed by atoms with Crippen LogP contribution >= 0.6 is 0 Å². The van der Waals surface area contributed by atoms with Crippen LogP contribution in [0.25, 0.3) is 21.5 Å². The lowest BCUT2D eigenvalue weighted by Crippen LogP contribution is -2.36. The third-order valence-electron chi connectivity index (χ3n) is 4.98. The summed E-state index contributed by atoms with van der Waals surface area (Å²) in [5.74, 6) is 0. The van der Waals surface area contributed by atoms with Gasteiger partial charge in [0.05, 0.1) is 9.79 Å². The average Bonchev–Trinajstić information content (AvgIpc) is 2.78. The SMILES string of the molecule is CN(CCNS(=O)(=O)c1cccc2cnccc12)S(=O)(=O)c1cccc2cnccc12. The summed E-state index contributed by atoms with van der Waals surface area (Å²) in [6, 6.07) is 13.2. The molecule has 1 N–H and O–H groups in total. The monoisotopic (exact) mass is 456 g/mol. The van der Waals surface area contributed by atoms with E-state index in [2.05, 4.69) is 14.7 Å². The van der Waals surface area contributed by atoms with Crippen LogP contribution in [0.1, 0.15) is 0 Å². The van der Waals surface area contributed by atoms with E-state index in [4.69, 9.17) is 0 Å². The first-order valence-corrected chi connectivity index (χ1v) is 12.3. The van der Waals surface area contributed by atoms with Gasteiger partial charge in [0.15, 0.2) is 0 Å². The van der Waals surface area contributed by atoms with Gasteiger partial charge in [0.2, 0.25) is 20.0 Å². The molecular weight excluding hydrogens is 436 g/mol. The third kappa shape index (κ3) is 4.15. The topological polar surface area (TPSA) is 109 Å². The van der Waals surface area contributed by atoms with Gasteiger partial charge < -0.3 is 0 Å². The molecule has 0 aliphatic rings. The lowest BCUT2D eigenvalue weighted by Gasteiger charge is -2.19. The zero-order chi connectivity index (χ0) is 22.1. The maximum atomic E-state index is 13.1. The quantitative estimate of drug-likeness (QED) is 0.457. The second kappa shape index (κ2) is 8.31. The molecule has 0 spiro atoms. The van der Waals surface area contributed by atoms with E-state index in [1.165, 1.54) is 31.6 Å². The van der Waals surface area contributed by atoms with E-state index in [-0.39, 0.29) is 22.9 Å². The van der Waals surface area contributed by atoms with Gasteiger partial charge in [-0.2, -0.15) is 4.31 Å². The Balaban J connectivity index is 1.52. The van der Waals surface area contributed by atoms with Crippen LogP contribution in [0.4, 0.5) is 0 Å². The zero-order valence-corrected chi connectivity index (χ0v) is 18.3. The van der Waals surface area contributed by atoms with Gasteiger partial charge in [0, 0.05) is 66.5 Å². The second-order valence-corrected chi connectivity index (χ2v) is 10.7. The molecule has 4 rings (SSSR count). The Hall–Kier alpha value is -2.92. The number of nitrogens with zero attached hydrogens (tertiary/aromatic N) is 3. The van der Waals surface area contributed by atoms with Gasteiger partial charge in [-0.3, -0.25) is 9.97 Å². The van der Waals surface area contributed by atoms with Crippen molar-refractivity contribution in [3.8, 4) is 0 Å². The van der Waals surface area contributed by atoms with Gasteiger partial charge in [-0.1, -0.05) is 24.3 Å². The highest BCUT2D eigenvalue weighted by Gasteiger charge is 2.24. The molecular formula is C21H20N4O4S2. The maximum absolute atomic E-state index is 13.1. The first-order chi connectivity index (χ1) is 14.8. The van der Waals surface area contributed by atoms with Gasteiger partial charge in [-0.15, -0.1) is 0 Å². The predicted molar refractivity (Wildman–Crippen MR) is 118 cm³/mol. The summed E-state index contributed by atoms with van der Waals surface area (Å²) in [5.41, 5.74) is 0. The van der Waals surface area contributed by atoms with Crippen LogP contribution in [0, 0.1) is 0 Å². The van der Waals surface area contributed by atoms with Gasteiger partial charge >= 0.3 is 0 Å². The van der Waals surface area contributed by atoms with E-state index in [9.17, 15) is 16.8 Å². The number of hydrogen-bond donors (Lipinski definition) is 1. The number of likely N-dealkylation sites (N-methyl/N-ethyl adjacent to an activating group) is 1. The minimum absolute atomic E-state index is 0.0324. The molecule has 2 heterocycles.